The third-order valence-corrected chi connectivity index (χ3v) is 9.53. The van der Waals surface area contributed by atoms with Crippen molar-refractivity contribution in [1.82, 2.24) is 8.87 Å². The number of hydrogen-bond acceptors (Lipinski definition) is 2. The summed E-state index contributed by atoms with van der Waals surface area (Å²) in [6.45, 7) is 6.13. The van der Waals surface area contributed by atoms with Gasteiger partial charge in [0.15, 0.2) is 0 Å². The number of hydrogen-bond donors (Lipinski definition) is 0. The predicted octanol–water partition coefficient (Wildman–Crippen LogP) is 6.78. The Hall–Kier alpha value is -2.60. The average molecular weight is 507 g/mol. The van der Waals surface area contributed by atoms with Crippen molar-refractivity contribution in [2.24, 2.45) is 0 Å². The number of halogens is 1. The molecule has 0 amide bonds. The molecule has 0 saturated carbocycles. The summed E-state index contributed by atoms with van der Waals surface area (Å²) in [4.78, 5) is 0.392. The second kappa shape index (κ2) is 9.81. The van der Waals surface area contributed by atoms with E-state index in [-0.39, 0.29) is 0 Å². The summed E-state index contributed by atoms with van der Waals surface area (Å²) in [5.41, 5.74) is 6.20. The van der Waals surface area contributed by atoms with Crippen LogP contribution in [0.25, 0.3) is 10.9 Å². The van der Waals surface area contributed by atoms with E-state index in [0.717, 1.165) is 36.4 Å². The molecular weight excluding hydrogens is 476 g/mol. The number of rotatable bonds is 6. The van der Waals surface area contributed by atoms with Gasteiger partial charge in [-0.3, -0.25) is 0 Å². The van der Waals surface area contributed by atoms with E-state index in [1.54, 1.807) is 16.4 Å². The van der Waals surface area contributed by atoms with Crippen molar-refractivity contribution >= 4 is 32.5 Å². The zero-order valence-corrected chi connectivity index (χ0v) is 21.8. The Morgan fingerprint density at radius 3 is 2.17 bits per heavy atom. The molecule has 35 heavy (non-hydrogen) atoms. The highest BCUT2D eigenvalue weighted by Crippen LogP contribution is 2.38. The van der Waals surface area contributed by atoms with E-state index in [2.05, 4.69) is 54.8 Å². The van der Waals surface area contributed by atoms with Crippen LogP contribution in [0.5, 0.6) is 0 Å². The summed E-state index contributed by atoms with van der Waals surface area (Å²) < 4.78 is 30.5. The molecule has 0 spiro atoms. The smallest absolute Gasteiger partial charge is 0.243 e. The summed E-state index contributed by atoms with van der Waals surface area (Å²) >= 11 is 6.09. The zero-order valence-electron chi connectivity index (χ0n) is 20.2. The number of nitrogens with zero attached hydrogens (tertiary/aromatic N) is 2. The first-order chi connectivity index (χ1) is 16.9. The Morgan fingerprint density at radius 2 is 1.51 bits per heavy atom. The Labute approximate surface area is 213 Å². The van der Waals surface area contributed by atoms with Gasteiger partial charge in [0.1, 0.15) is 0 Å². The van der Waals surface area contributed by atoms with E-state index in [1.807, 2.05) is 24.3 Å². The average Bonchev–Trinajstić information content (AvgIpc) is 3.16. The molecule has 0 bridgehead atoms. The number of piperidine rings is 1. The molecular formula is C29H31ClN2O2S. The van der Waals surface area contributed by atoms with Gasteiger partial charge in [-0.2, -0.15) is 4.31 Å². The van der Waals surface area contributed by atoms with Gasteiger partial charge in [0, 0.05) is 41.3 Å². The van der Waals surface area contributed by atoms with Crippen molar-refractivity contribution in [3.63, 3.8) is 0 Å². The molecule has 182 valence electrons. The number of benzene rings is 3. The first-order valence-corrected chi connectivity index (χ1v) is 14.1. The minimum Gasteiger partial charge on any atom is -0.340 e. The second-order valence-electron chi connectivity index (χ2n) is 9.40. The lowest BCUT2D eigenvalue weighted by Crippen LogP contribution is -2.38. The lowest BCUT2D eigenvalue weighted by atomic mass is 9.88. The van der Waals surface area contributed by atoms with E-state index in [4.69, 9.17) is 11.6 Å². The predicted molar refractivity (Wildman–Crippen MR) is 144 cm³/mol. The lowest BCUT2D eigenvalue weighted by molar-refractivity contribution is 0.319. The fraction of sp³-hybridized carbons (Fsp3) is 0.310. The summed E-state index contributed by atoms with van der Waals surface area (Å²) in [5, 5.41) is 2.02. The summed E-state index contributed by atoms with van der Waals surface area (Å²) in [6, 6.07) is 23.9. The number of aryl methyl sites for hydroxylation is 1. The molecule has 4 aromatic rings. The standard InChI is InChI=1S/C29H31ClN2O2S/c1-3-22-10-14-26(15-11-22)35(33,34)31-18-16-24(17-19-31)29-21(2)32(28-7-5-4-6-27(28)29)20-23-8-12-25(30)13-9-23/h4-15,24H,3,16-20H2,1-2H3. The molecule has 0 unspecified atom stereocenters. The molecule has 0 aliphatic carbocycles. The van der Waals surface area contributed by atoms with Gasteiger partial charge in [-0.05, 0) is 79.1 Å². The lowest BCUT2D eigenvalue weighted by Gasteiger charge is -2.31. The number of para-hydroxylation sites is 1. The maximum absolute atomic E-state index is 13.3. The van der Waals surface area contributed by atoms with Crippen molar-refractivity contribution in [1.29, 1.82) is 0 Å². The van der Waals surface area contributed by atoms with Gasteiger partial charge in [0.05, 0.1) is 4.90 Å². The normalized spacial score (nSPS) is 15.6. The Morgan fingerprint density at radius 1 is 0.886 bits per heavy atom. The first-order valence-electron chi connectivity index (χ1n) is 12.3. The zero-order chi connectivity index (χ0) is 24.6. The molecule has 3 aromatic carbocycles. The molecule has 1 aromatic heterocycles. The van der Waals surface area contributed by atoms with Crippen LogP contribution in [0.3, 0.4) is 0 Å². The molecule has 1 fully saturated rings. The maximum Gasteiger partial charge on any atom is 0.243 e. The molecule has 6 heteroatoms. The van der Waals surface area contributed by atoms with Crippen LogP contribution in [0.1, 0.15) is 48.1 Å². The van der Waals surface area contributed by atoms with Crippen LogP contribution in [-0.4, -0.2) is 30.4 Å². The van der Waals surface area contributed by atoms with Crippen LogP contribution < -0.4 is 0 Å². The quantitative estimate of drug-likeness (QED) is 0.289. The minimum absolute atomic E-state index is 0.334. The number of fused-ring (bicyclic) bond motifs is 1. The van der Waals surface area contributed by atoms with Crippen molar-refractivity contribution in [3.05, 3.63) is 100 Å². The third kappa shape index (κ3) is 4.65. The number of sulfonamides is 1. The Balaban J connectivity index is 1.40. The van der Waals surface area contributed by atoms with E-state index in [0.29, 0.717) is 23.9 Å². The molecule has 1 saturated heterocycles. The van der Waals surface area contributed by atoms with Crippen LogP contribution >= 0.6 is 11.6 Å². The van der Waals surface area contributed by atoms with Crippen molar-refractivity contribution in [2.75, 3.05) is 13.1 Å². The van der Waals surface area contributed by atoms with E-state index in [1.165, 1.54) is 27.7 Å². The molecule has 4 nitrogen and oxygen atoms in total. The highest BCUT2D eigenvalue weighted by Gasteiger charge is 2.32. The largest absolute Gasteiger partial charge is 0.340 e. The van der Waals surface area contributed by atoms with Gasteiger partial charge >= 0.3 is 0 Å². The molecule has 5 rings (SSSR count). The van der Waals surface area contributed by atoms with E-state index < -0.39 is 10.0 Å². The Bertz CT molecular complexity index is 1430. The van der Waals surface area contributed by atoms with Crippen LogP contribution in [0.15, 0.2) is 77.7 Å². The van der Waals surface area contributed by atoms with Crippen molar-refractivity contribution in [3.8, 4) is 0 Å². The van der Waals surface area contributed by atoms with Gasteiger partial charge in [0.2, 0.25) is 10.0 Å². The van der Waals surface area contributed by atoms with Gasteiger partial charge in [-0.15, -0.1) is 0 Å². The van der Waals surface area contributed by atoms with E-state index >= 15 is 0 Å². The molecule has 0 atom stereocenters. The topological polar surface area (TPSA) is 42.3 Å². The highest BCUT2D eigenvalue weighted by molar-refractivity contribution is 7.89. The Kier molecular flexibility index (Phi) is 6.75. The maximum atomic E-state index is 13.3. The third-order valence-electron chi connectivity index (χ3n) is 7.37. The molecule has 2 heterocycles. The molecule has 1 aliphatic rings. The van der Waals surface area contributed by atoms with Gasteiger partial charge in [-0.25, -0.2) is 8.42 Å². The summed E-state index contributed by atoms with van der Waals surface area (Å²) in [7, 11) is -3.47. The molecule has 0 N–H and O–H groups in total. The first kappa shape index (κ1) is 24.1. The molecule has 0 radical (unpaired) electrons. The monoisotopic (exact) mass is 506 g/mol. The van der Waals surface area contributed by atoms with Crippen molar-refractivity contribution < 1.29 is 8.42 Å². The fourth-order valence-corrected chi connectivity index (χ4v) is 6.98. The summed E-state index contributed by atoms with van der Waals surface area (Å²) in [6.07, 6.45) is 2.54. The van der Waals surface area contributed by atoms with Gasteiger partial charge < -0.3 is 4.57 Å². The minimum atomic E-state index is -3.47. The van der Waals surface area contributed by atoms with Crippen LogP contribution in [0, 0.1) is 6.92 Å². The fourth-order valence-electron chi connectivity index (χ4n) is 5.38. The van der Waals surface area contributed by atoms with Crippen molar-refractivity contribution in [2.45, 2.75) is 50.5 Å². The van der Waals surface area contributed by atoms with Gasteiger partial charge in [-0.1, -0.05) is 61.0 Å². The SMILES string of the molecule is CCc1ccc(S(=O)(=O)N2CCC(c3c(C)n(Cc4ccc(Cl)cc4)c4ccccc34)CC2)cc1. The molecule has 1 aliphatic heterocycles. The second-order valence-corrected chi connectivity index (χ2v) is 11.8. The van der Waals surface area contributed by atoms with Crippen LogP contribution in [0.2, 0.25) is 5.02 Å². The van der Waals surface area contributed by atoms with E-state index in [9.17, 15) is 8.42 Å². The summed E-state index contributed by atoms with van der Waals surface area (Å²) in [5.74, 6) is 0.334. The number of aromatic nitrogens is 1. The van der Waals surface area contributed by atoms with Crippen LogP contribution in [-0.2, 0) is 23.0 Å². The van der Waals surface area contributed by atoms with Gasteiger partial charge in [0.25, 0.3) is 0 Å². The highest BCUT2D eigenvalue weighted by atomic mass is 35.5. The van der Waals surface area contributed by atoms with Crippen LogP contribution in [0.4, 0.5) is 0 Å².